The summed E-state index contributed by atoms with van der Waals surface area (Å²) in [6.07, 6.45) is -0.547. The van der Waals surface area contributed by atoms with Crippen molar-refractivity contribution in [3.8, 4) is 11.5 Å². The standard InChI is InChI=1S/C20H25NO3/c1-14-5-8-18(9-6-14)24-17(4)20(22)21-11-12-23-19-10-7-15(2)16(3)13-19/h5-10,13,17H,11-12H2,1-4H3,(H,21,22). The van der Waals surface area contributed by atoms with E-state index in [1.54, 1.807) is 6.92 Å². The second kappa shape index (κ2) is 8.39. The number of carbonyl (C=O) groups is 1. The first-order chi connectivity index (χ1) is 11.5. The van der Waals surface area contributed by atoms with E-state index in [0.29, 0.717) is 18.9 Å². The van der Waals surface area contributed by atoms with Crippen LogP contribution in [0.3, 0.4) is 0 Å². The van der Waals surface area contributed by atoms with Crippen LogP contribution in [0.5, 0.6) is 11.5 Å². The highest BCUT2D eigenvalue weighted by molar-refractivity contribution is 5.80. The number of benzene rings is 2. The lowest BCUT2D eigenvalue weighted by Gasteiger charge is -2.15. The molecule has 0 saturated heterocycles. The van der Waals surface area contributed by atoms with Crippen LogP contribution >= 0.6 is 0 Å². The molecule has 0 heterocycles. The van der Waals surface area contributed by atoms with E-state index in [1.807, 2.05) is 56.3 Å². The summed E-state index contributed by atoms with van der Waals surface area (Å²) in [5.41, 5.74) is 3.58. The maximum Gasteiger partial charge on any atom is 0.260 e. The number of nitrogens with one attached hydrogen (secondary N) is 1. The Morgan fingerprint density at radius 1 is 1.00 bits per heavy atom. The lowest BCUT2D eigenvalue weighted by molar-refractivity contribution is -0.127. The van der Waals surface area contributed by atoms with E-state index < -0.39 is 6.10 Å². The molecule has 0 aliphatic carbocycles. The van der Waals surface area contributed by atoms with Gasteiger partial charge in [-0.05, 0) is 63.1 Å². The van der Waals surface area contributed by atoms with Gasteiger partial charge >= 0.3 is 0 Å². The summed E-state index contributed by atoms with van der Waals surface area (Å²) in [4.78, 5) is 12.0. The Bertz CT molecular complexity index is 680. The summed E-state index contributed by atoms with van der Waals surface area (Å²) in [5, 5.41) is 2.82. The number of hydrogen-bond donors (Lipinski definition) is 1. The largest absolute Gasteiger partial charge is 0.492 e. The van der Waals surface area contributed by atoms with Gasteiger partial charge in [0.2, 0.25) is 0 Å². The number of aryl methyl sites for hydroxylation is 3. The van der Waals surface area contributed by atoms with Crippen molar-refractivity contribution >= 4 is 5.91 Å². The summed E-state index contributed by atoms with van der Waals surface area (Å²) in [6, 6.07) is 13.6. The fraction of sp³-hybridized carbons (Fsp3) is 0.350. The zero-order chi connectivity index (χ0) is 17.5. The maximum atomic E-state index is 12.0. The molecule has 0 bridgehead atoms. The normalized spacial score (nSPS) is 11.7. The van der Waals surface area contributed by atoms with Gasteiger partial charge < -0.3 is 14.8 Å². The molecule has 0 aromatic heterocycles. The Morgan fingerprint density at radius 3 is 2.33 bits per heavy atom. The molecule has 1 amide bonds. The molecule has 1 N–H and O–H groups in total. The first-order valence-electron chi connectivity index (χ1n) is 8.17. The molecule has 0 fully saturated rings. The highest BCUT2D eigenvalue weighted by Gasteiger charge is 2.13. The predicted molar refractivity (Wildman–Crippen MR) is 95.7 cm³/mol. The molecule has 0 radical (unpaired) electrons. The summed E-state index contributed by atoms with van der Waals surface area (Å²) >= 11 is 0. The van der Waals surface area contributed by atoms with Gasteiger partial charge in [-0.25, -0.2) is 0 Å². The average molecular weight is 327 g/mol. The van der Waals surface area contributed by atoms with Crippen LogP contribution in [0.2, 0.25) is 0 Å². The second-order valence-corrected chi connectivity index (χ2v) is 5.96. The first-order valence-corrected chi connectivity index (χ1v) is 8.17. The third-order valence-corrected chi connectivity index (χ3v) is 3.85. The number of ether oxygens (including phenoxy) is 2. The van der Waals surface area contributed by atoms with E-state index in [1.165, 1.54) is 11.1 Å². The van der Waals surface area contributed by atoms with Gasteiger partial charge in [0.1, 0.15) is 18.1 Å². The molecule has 1 unspecified atom stereocenters. The van der Waals surface area contributed by atoms with Gasteiger partial charge in [-0.1, -0.05) is 23.8 Å². The molecule has 2 aromatic rings. The Kier molecular flexibility index (Phi) is 6.24. The van der Waals surface area contributed by atoms with Crippen molar-refractivity contribution < 1.29 is 14.3 Å². The van der Waals surface area contributed by atoms with Crippen LogP contribution in [0.1, 0.15) is 23.6 Å². The van der Waals surface area contributed by atoms with Gasteiger partial charge in [-0.2, -0.15) is 0 Å². The molecule has 0 aliphatic rings. The van der Waals surface area contributed by atoms with E-state index >= 15 is 0 Å². The number of hydrogen-bond acceptors (Lipinski definition) is 3. The van der Waals surface area contributed by atoms with Crippen LogP contribution in [-0.2, 0) is 4.79 Å². The van der Waals surface area contributed by atoms with Crippen LogP contribution in [0, 0.1) is 20.8 Å². The van der Waals surface area contributed by atoms with Gasteiger partial charge in [0, 0.05) is 0 Å². The molecule has 0 spiro atoms. The Morgan fingerprint density at radius 2 is 1.67 bits per heavy atom. The third-order valence-electron chi connectivity index (χ3n) is 3.85. The Labute approximate surface area is 143 Å². The SMILES string of the molecule is Cc1ccc(OC(C)C(=O)NCCOc2ccc(C)c(C)c2)cc1. The zero-order valence-electron chi connectivity index (χ0n) is 14.8. The van der Waals surface area contributed by atoms with Gasteiger partial charge in [0.25, 0.3) is 5.91 Å². The van der Waals surface area contributed by atoms with Crippen molar-refractivity contribution in [2.45, 2.75) is 33.8 Å². The quantitative estimate of drug-likeness (QED) is 0.791. The molecule has 0 aliphatic heterocycles. The first kappa shape index (κ1) is 17.9. The van der Waals surface area contributed by atoms with Gasteiger partial charge in [0.15, 0.2) is 6.10 Å². The summed E-state index contributed by atoms with van der Waals surface area (Å²) in [7, 11) is 0. The molecule has 128 valence electrons. The highest BCUT2D eigenvalue weighted by atomic mass is 16.5. The molecule has 24 heavy (non-hydrogen) atoms. The minimum atomic E-state index is -0.547. The fourth-order valence-corrected chi connectivity index (χ4v) is 2.17. The molecule has 1 atom stereocenters. The van der Waals surface area contributed by atoms with Crippen molar-refractivity contribution in [3.63, 3.8) is 0 Å². The molecule has 4 heteroatoms. The third kappa shape index (κ3) is 5.30. The number of amides is 1. The van der Waals surface area contributed by atoms with Crippen molar-refractivity contribution in [1.82, 2.24) is 5.32 Å². The fourth-order valence-electron chi connectivity index (χ4n) is 2.17. The van der Waals surface area contributed by atoms with E-state index in [9.17, 15) is 4.79 Å². The van der Waals surface area contributed by atoms with Gasteiger partial charge in [0.05, 0.1) is 6.54 Å². The summed E-state index contributed by atoms with van der Waals surface area (Å²) < 4.78 is 11.3. The average Bonchev–Trinajstić information content (AvgIpc) is 2.56. The molecule has 0 saturated carbocycles. The second-order valence-electron chi connectivity index (χ2n) is 5.96. The Balaban J connectivity index is 1.72. The molecule has 4 nitrogen and oxygen atoms in total. The topological polar surface area (TPSA) is 47.6 Å². The van der Waals surface area contributed by atoms with Crippen LogP contribution in [0.15, 0.2) is 42.5 Å². The van der Waals surface area contributed by atoms with E-state index in [0.717, 1.165) is 11.3 Å². The lowest BCUT2D eigenvalue weighted by atomic mass is 10.1. The lowest BCUT2D eigenvalue weighted by Crippen LogP contribution is -2.38. The van der Waals surface area contributed by atoms with E-state index in [-0.39, 0.29) is 5.91 Å². The number of carbonyl (C=O) groups excluding carboxylic acids is 1. The molecular formula is C20H25NO3. The minimum absolute atomic E-state index is 0.153. The van der Waals surface area contributed by atoms with Crippen LogP contribution in [0.25, 0.3) is 0 Å². The minimum Gasteiger partial charge on any atom is -0.492 e. The number of rotatable bonds is 7. The molecule has 2 aromatic carbocycles. The van der Waals surface area contributed by atoms with E-state index in [2.05, 4.69) is 12.2 Å². The monoisotopic (exact) mass is 327 g/mol. The molecular weight excluding hydrogens is 302 g/mol. The molecule has 2 rings (SSSR count). The van der Waals surface area contributed by atoms with Crippen LogP contribution in [-0.4, -0.2) is 25.2 Å². The smallest absolute Gasteiger partial charge is 0.260 e. The van der Waals surface area contributed by atoms with Gasteiger partial charge in [-0.3, -0.25) is 4.79 Å². The van der Waals surface area contributed by atoms with Crippen LogP contribution < -0.4 is 14.8 Å². The maximum absolute atomic E-state index is 12.0. The highest BCUT2D eigenvalue weighted by Crippen LogP contribution is 2.16. The van der Waals surface area contributed by atoms with E-state index in [4.69, 9.17) is 9.47 Å². The zero-order valence-corrected chi connectivity index (χ0v) is 14.8. The predicted octanol–water partition coefficient (Wildman–Crippen LogP) is 3.57. The van der Waals surface area contributed by atoms with Crippen molar-refractivity contribution in [3.05, 3.63) is 59.2 Å². The van der Waals surface area contributed by atoms with Crippen LogP contribution in [0.4, 0.5) is 0 Å². The van der Waals surface area contributed by atoms with Crippen molar-refractivity contribution in [1.29, 1.82) is 0 Å². The summed E-state index contributed by atoms with van der Waals surface area (Å²) in [6.45, 7) is 8.72. The van der Waals surface area contributed by atoms with Crippen molar-refractivity contribution in [2.24, 2.45) is 0 Å². The van der Waals surface area contributed by atoms with Gasteiger partial charge in [-0.15, -0.1) is 0 Å². The Hall–Kier alpha value is -2.49. The van der Waals surface area contributed by atoms with Crippen molar-refractivity contribution in [2.75, 3.05) is 13.2 Å². The summed E-state index contributed by atoms with van der Waals surface area (Å²) in [5.74, 6) is 1.35.